The van der Waals surface area contributed by atoms with Gasteiger partial charge >= 0.3 is 0 Å². The average Bonchev–Trinajstić information content (AvgIpc) is 2.36. The van der Waals surface area contributed by atoms with Gasteiger partial charge in [0.2, 0.25) is 0 Å². The molecule has 2 aromatic rings. The van der Waals surface area contributed by atoms with Crippen LogP contribution >= 0.6 is 11.6 Å². The zero-order valence-electron chi connectivity index (χ0n) is 12.1. The van der Waals surface area contributed by atoms with Crippen LogP contribution in [0.15, 0.2) is 36.4 Å². The minimum absolute atomic E-state index is 0.0969. The van der Waals surface area contributed by atoms with E-state index in [1.165, 1.54) is 5.56 Å². The summed E-state index contributed by atoms with van der Waals surface area (Å²) in [6, 6.07) is 11.9. The smallest absolute Gasteiger partial charge is 0.131 e. The highest BCUT2D eigenvalue weighted by Gasteiger charge is 2.09. The lowest BCUT2D eigenvalue weighted by atomic mass is 10.0. The zero-order chi connectivity index (χ0) is 14.7. The van der Waals surface area contributed by atoms with Gasteiger partial charge in [0, 0.05) is 11.1 Å². The summed E-state index contributed by atoms with van der Waals surface area (Å²) in [4.78, 5) is 0. The molecule has 0 aliphatic rings. The maximum Gasteiger partial charge on any atom is 0.131 e. The molecule has 0 aliphatic carbocycles. The molecule has 0 heterocycles. The zero-order valence-corrected chi connectivity index (χ0v) is 12.9. The van der Waals surface area contributed by atoms with Crippen molar-refractivity contribution in [2.24, 2.45) is 5.73 Å². The van der Waals surface area contributed by atoms with E-state index in [1.54, 1.807) is 0 Å². The summed E-state index contributed by atoms with van der Waals surface area (Å²) >= 11 is 6.03. The van der Waals surface area contributed by atoms with E-state index in [1.807, 2.05) is 44.2 Å². The molecule has 3 heteroatoms. The van der Waals surface area contributed by atoms with Gasteiger partial charge in [-0.3, -0.25) is 0 Å². The standard InChI is InChI=1S/C17H20ClNO/c1-11-4-7-16(14(8-11)9-13(3)19)20-17-10-15(18)6-5-12(17)2/h4-8,10,13H,9,19H2,1-3H3. The predicted octanol–water partition coefficient (Wildman–Crippen LogP) is 4.64. The number of rotatable bonds is 4. The number of halogens is 1. The number of ether oxygens (including phenoxy) is 1. The summed E-state index contributed by atoms with van der Waals surface area (Å²) in [6.07, 6.45) is 0.788. The number of aryl methyl sites for hydroxylation is 2. The molecule has 0 bridgehead atoms. The quantitative estimate of drug-likeness (QED) is 0.890. The summed E-state index contributed by atoms with van der Waals surface area (Å²) in [7, 11) is 0. The van der Waals surface area contributed by atoms with E-state index in [2.05, 4.69) is 13.0 Å². The van der Waals surface area contributed by atoms with Crippen molar-refractivity contribution in [2.45, 2.75) is 33.2 Å². The van der Waals surface area contributed by atoms with Crippen molar-refractivity contribution in [3.8, 4) is 11.5 Å². The van der Waals surface area contributed by atoms with Crippen LogP contribution in [0, 0.1) is 13.8 Å². The molecule has 1 unspecified atom stereocenters. The van der Waals surface area contributed by atoms with E-state index < -0.39 is 0 Å². The Morgan fingerprint density at radius 3 is 2.55 bits per heavy atom. The summed E-state index contributed by atoms with van der Waals surface area (Å²) in [6.45, 7) is 6.07. The van der Waals surface area contributed by atoms with E-state index in [0.717, 1.165) is 29.0 Å². The first-order valence-corrected chi connectivity index (χ1v) is 7.12. The Morgan fingerprint density at radius 1 is 1.10 bits per heavy atom. The molecule has 2 rings (SSSR count). The highest BCUT2D eigenvalue weighted by Crippen LogP contribution is 2.31. The second-order valence-electron chi connectivity index (χ2n) is 5.30. The summed E-state index contributed by atoms with van der Waals surface area (Å²) in [5.41, 5.74) is 9.30. The van der Waals surface area contributed by atoms with Gasteiger partial charge in [0.05, 0.1) is 0 Å². The molecular formula is C17H20ClNO. The van der Waals surface area contributed by atoms with E-state index in [0.29, 0.717) is 5.02 Å². The van der Waals surface area contributed by atoms with Crippen molar-refractivity contribution in [1.82, 2.24) is 0 Å². The first kappa shape index (κ1) is 14.9. The molecule has 2 aromatic carbocycles. The summed E-state index contributed by atoms with van der Waals surface area (Å²) in [5, 5.41) is 0.673. The molecule has 1 atom stereocenters. The van der Waals surface area contributed by atoms with Crippen molar-refractivity contribution < 1.29 is 4.74 Å². The molecule has 106 valence electrons. The second kappa shape index (κ2) is 6.29. The molecule has 20 heavy (non-hydrogen) atoms. The highest BCUT2D eigenvalue weighted by atomic mass is 35.5. The molecule has 0 amide bonds. The summed E-state index contributed by atoms with van der Waals surface area (Å²) < 4.78 is 6.04. The number of benzene rings is 2. The topological polar surface area (TPSA) is 35.2 Å². The molecule has 0 radical (unpaired) electrons. The first-order valence-electron chi connectivity index (χ1n) is 6.75. The van der Waals surface area contributed by atoms with Crippen LogP contribution in [0.3, 0.4) is 0 Å². The monoisotopic (exact) mass is 289 g/mol. The number of hydrogen-bond acceptors (Lipinski definition) is 2. The molecule has 0 saturated heterocycles. The van der Waals surface area contributed by atoms with Gasteiger partial charge in [-0.05, 0) is 56.5 Å². The molecule has 2 nitrogen and oxygen atoms in total. The Morgan fingerprint density at radius 2 is 1.85 bits per heavy atom. The van der Waals surface area contributed by atoms with Crippen molar-refractivity contribution in [2.75, 3.05) is 0 Å². The molecule has 0 spiro atoms. The molecule has 0 saturated carbocycles. The predicted molar refractivity (Wildman–Crippen MR) is 84.8 cm³/mol. The van der Waals surface area contributed by atoms with Gasteiger partial charge in [0.25, 0.3) is 0 Å². The van der Waals surface area contributed by atoms with E-state index in [-0.39, 0.29) is 6.04 Å². The first-order chi connectivity index (χ1) is 9.45. The van der Waals surface area contributed by atoms with Crippen LogP contribution in [-0.2, 0) is 6.42 Å². The Hall–Kier alpha value is -1.51. The van der Waals surface area contributed by atoms with E-state index in [4.69, 9.17) is 22.1 Å². The Labute approximate surface area is 125 Å². The van der Waals surface area contributed by atoms with Gasteiger partial charge in [-0.25, -0.2) is 0 Å². The lowest BCUT2D eigenvalue weighted by molar-refractivity contribution is 0.470. The summed E-state index contributed by atoms with van der Waals surface area (Å²) in [5.74, 6) is 1.63. The van der Waals surface area contributed by atoms with Gasteiger partial charge in [-0.15, -0.1) is 0 Å². The van der Waals surface area contributed by atoms with Crippen LogP contribution in [0.4, 0.5) is 0 Å². The number of hydrogen-bond donors (Lipinski definition) is 1. The molecule has 0 aliphatic heterocycles. The Kier molecular flexibility index (Phi) is 4.69. The molecule has 0 fully saturated rings. The fourth-order valence-corrected chi connectivity index (χ4v) is 2.28. The van der Waals surface area contributed by atoms with E-state index in [9.17, 15) is 0 Å². The van der Waals surface area contributed by atoms with Crippen molar-refractivity contribution in [1.29, 1.82) is 0 Å². The third-order valence-electron chi connectivity index (χ3n) is 3.13. The van der Waals surface area contributed by atoms with Gasteiger partial charge in [-0.2, -0.15) is 0 Å². The minimum Gasteiger partial charge on any atom is -0.457 e. The molecule has 0 aromatic heterocycles. The van der Waals surface area contributed by atoms with Crippen molar-refractivity contribution in [3.63, 3.8) is 0 Å². The van der Waals surface area contributed by atoms with Crippen LogP contribution in [0.25, 0.3) is 0 Å². The van der Waals surface area contributed by atoms with Crippen LogP contribution in [0.2, 0.25) is 5.02 Å². The van der Waals surface area contributed by atoms with Gasteiger partial charge in [0.15, 0.2) is 0 Å². The molecular weight excluding hydrogens is 270 g/mol. The minimum atomic E-state index is 0.0969. The van der Waals surface area contributed by atoms with Gasteiger partial charge in [-0.1, -0.05) is 35.4 Å². The lowest BCUT2D eigenvalue weighted by Crippen LogP contribution is -2.18. The third-order valence-corrected chi connectivity index (χ3v) is 3.36. The van der Waals surface area contributed by atoms with Crippen LogP contribution in [0.1, 0.15) is 23.6 Å². The van der Waals surface area contributed by atoms with Gasteiger partial charge < -0.3 is 10.5 Å². The maximum atomic E-state index is 6.04. The second-order valence-corrected chi connectivity index (χ2v) is 5.74. The lowest BCUT2D eigenvalue weighted by Gasteiger charge is -2.15. The number of nitrogens with two attached hydrogens (primary N) is 1. The van der Waals surface area contributed by atoms with Crippen molar-refractivity contribution in [3.05, 3.63) is 58.1 Å². The van der Waals surface area contributed by atoms with Crippen LogP contribution < -0.4 is 10.5 Å². The maximum absolute atomic E-state index is 6.04. The SMILES string of the molecule is Cc1ccc(Oc2cc(Cl)ccc2C)c(CC(C)N)c1. The fraction of sp³-hybridized carbons (Fsp3) is 0.294. The molecule has 2 N–H and O–H groups in total. The third kappa shape index (κ3) is 3.75. The highest BCUT2D eigenvalue weighted by molar-refractivity contribution is 6.30. The van der Waals surface area contributed by atoms with E-state index >= 15 is 0 Å². The van der Waals surface area contributed by atoms with Gasteiger partial charge in [0.1, 0.15) is 11.5 Å². The van der Waals surface area contributed by atoms with Crippen LogP contribution in [-0.4, -0.2) is 6.04 Å². The largest absolute Gasteiger partial charge is 0.457 e. The Balaban J connectivity index is 2.35. The van der Waals surface area contributed by atoms with Crippen LogP contribution in [0.5, 0.6) is 11.5 Å². The Bertz CT molecular complexity index is 608. The normalized spacial score (nSPS) is 12.2. The van der Waals surface area contributed by atoms with Crippen molar-refractivity contribution >= 4 is 11.6 Å². The average molecular weight is 290 g/mol. The fourth-order valence-electron chi connectivity index (χ4n) is 2.12.